The van der Waals surface area contributed by atoms with Crippen LogP contribution in [0, 0.1) is 5.82 Å². The third kappa shape index (κ3) is 4.94. The maximum Gasteiger partial charge on any atom is 0.259 e. The molecule has 2 amide bonds. The molecule has 0 saturated carbocycles. The Balaban J connectivity index is 1.46. The van der Waals surface area contributed by atoms with Crippen molar-refractivity contribution in [2.75, 3.05) is 16.8 Å². The lowest BCUT2D eigenvalue weighted by Crippen LogP contribution is -2.35. The summed E-state index contributed by atoms with van der Waals surface area (Å²) in [4.78, 5) is 28.8. The molecule has 0 radical (unpaired) electrons. The summed E-state index contributed by atoms with van der Waals surface area (Å²) in [5.74, 6) is -0.981. The topological polar surface area (TPSA) is 67.2 Å². The van der Waals surface area contributed by atoms with E-state index in [4.69, 9.17) is 11.6 Å². The number of fused-ring (bicyclic) bond motifs is 1. The van der Waals surface area contributed by atoms with Crippen LogP contribution in [0.2, 0.25) is 5.02 Å². The van der Waals surface area contributed by atoms with Gasteiger partial charge in [0.2, 0.25) is 0 Å². The summed E-state index contributed by atoms with van der Waals surface area (Å²) >= 11 is 6.46. The molecule has 1 aromatic heterocycles. The van der Waals surface area contributed by atoms with Crippen LogP contribution in [0.25, 0.3) is 11.3 Å². The van der Waals surface area contributed by atoms with Gasteiger partial charge >= 0.3 is 0 Å². The average Bonchev–Trinajstić information content (AvgIpc) is 3.36. The molecule has 3 aromatic carbocycles. The monoisotopic (exact) mass is 530 g/mol. The lowest BCUT2D eigenvalue weighted by molar-refractivity contribution is 0.0982. The van der Waals surface area contributed by atoms with Gasteiger partial charge < -0.3 is 10.2 Å². The lowest BCUT2D eigenvalue weighted by Gasteiger charge is -2.29. The van der Waals surface area contributed by atoms with Crippen LogP contribution in [0.3, 0.4) is 0 Å². The molecule has 0 atom stereocenters. The SMILES string of the molecule is CC(C)(C)n1ncc(C(=O)Nc2ccc(Cl)c(C(=O)N3CCCc4ccccc43)c2)c1-c1ccc(F)cc1. The maximum absolute atomic E-state index is 13.6. The van der Waals surface area contributed by atoms with Gasteiger partial charge in [-0.05, 0) is 87.7 Å². The summed E-state index contributed by atoms with van der Waals surface area (Å²) in [7, 11) is 0. The zero-order valence-corrected chi connectivity index (χ0v) is 22.2. The Morgan fingerprint density at radius 1 is 1.00 bits per heavy atom. The number of para-hydroxylation sites is 1. The predicted molar refractivity (Wildman–Crippen MR) is 148 cm³/mol. The second kappa shape index (κ2) is 10.1. The van der Waals surface area contributed by atoms with Crippen LogP contribution in [-0.4, -0.2) is 28.1 Å². The summed E-state index contributed by atoms with van der Waals surface area (Å²) in [6.07, 6.45) is 3.29. The van der Waals surface area contributed by atoms with Crippen molar-refractivity contribution in [1.29, 1.82) is 0 Å². The number of halogens is 2. The summed E-state index contributed by atoms with van der Waals surface area (Å²) in [5, 5.41) is 7.67. The van der Waals surface area contributed by atoms with Crippen molar-refractivity contribution < 1.29 is 14.0 Å². The third-order valence-corrected chi connectivity index (χ3v) is 6.91. The fraction of sp³-hybridized carbons (Fsp3) is 0.233. The van der Waals surface area contributed by atoms with Gasteiger partial charge in [0, 0.05) is 23.5 Å². The van der Waals surface area contributed by atoms with E-state index in [0.717, 1.165) is 24.1 Å². The van der Waals surface area contributed by atoms with Crippen LogP contribution in [0.1, 0.15) is 53.5 Å². The molecule has 6 nitrogen and oxygen atoms in total. The van der Waals surface area contributed by atoms with E-state index in [1.165, 1.54) is 18.3 Å². The number of benzene rings is 3. The van der Waals surface area contributed by atoms with Gasteiger partial charge in [0.25, 0.3) is 11.8 Å². The minimum absolute atomic E-state index is 0.217. The van der Waals surface area contributed by atoms with Gasteiger partial charge in [0.15, 0.2) is 0 Å². The molecule has 2 heterocycles. The van der Waals surface area contributed by atoms with E-state index in [1.807, 2.05) is 45.0 Å². The van der Waals surface area contributed by atoms with E-state index in [-0.39, 0.29) is 11.7 Å². The number of nitrogens with one attached hydrogen (secondary N) is 1. The van der Waals surface area contributed by atoms with E-state index in [0.29, 0.717) is 39.6 Å². The fourth-order valence-corrected chi connectivity index (χ4v) is 4.96. The highest BCUT2D eigenvalue weighted by Crippen LogP contribution is 2.32. The number of hydrogen-bond donors (Lipinski definition) is 1. The Morgan fingerprint density at radius 2 is 1.74 bits per heavy atom. The van der Waals surface area contributed by atoms with Crippen molar-refractivity contribution in [2.45, 2.75) is 39.2 Å². The van der Waals surface area contributed by atoms with Crippen LogP contribution in [-0.2, 0) is 12.0 Å². The number of carbonyl (C=O) groups excluding carboxylic acids is 2. The molecule has 4 aromatic rings. The molecular formula is C30H28ClFN4O2. The van der Waals surface area contributed by atoms with Crippen LogP contribution < -0.4 is 10.2 Å². The first-order valence-corrected chi connectivity index (χ1v) is 12.9. The average molecular weight is 531 g/mol. The number of aromatic nitrogens is 2. The van der Waals surface area contributed by atoms with Crippen molar-refractivity contribution in [3.8, 4) is 11.3 Å². The van der Waals surface area contributed by atoms with Crippen LogP contribution in [0.4, 0.5) is 15.8 Å². The second-order valence-corrected chi connectivity index (χ2v) is 10.7. The molecule has 8 heteroatoms. The van der Waals surface area contributed by atoms with E-state index >= 15 is 0 Å². The van der Waals surface area contributed by atoms with E-state index < -0.39 is 11.4 Å². The van der Waals surface area contributed by atoms with E-state index in [9.17, 15) is 14.0 Å². The normalized spacial score (nSPS) is 13.2. The molecular weight excluding hydrogens is 503 g/mol. The molecule has 1 aliphatic heterocycles. The number of amides is 2. The highest BCUT2D eigenvalue weighted by molar-refractivity contribution is 6.34. The quantitative estimate of drug-likeness (QED) is 0.310. The first-order chi connectivity index (χ1) is 18.1. The maximum atomic E-state index is 13.6. The van der Waals surface area contributed by atoms with Gasteiger partial charge in [0.1, 0.15) is 5.82 Å². The number of carbonyl (C=O) groups is 2. The summed E-state index contributed by atoms with van der Waals surface area (Å²) in [5.41, 5.74) is 3.90. The third-order valence-electron chi connectivity index (χ3n) is 6.58. The molecule has 38 heavy (non-hydrogen) atoms. The molecule has 1 aliphatic rings. The fourth-order valence-electron chi connectivity index (χ4n) is 4.76. The number of rotatable bonds is 4. The van der Waals surface area contributed by atoms with Crippen LogP contribution in [0.15, 0.2) is 72.9 Å². The molecule has 0 saturated heterocycles. The first-order valence-electron chi connectivity index (χ1n) is 12.5. The van der Waals surface area contributed by atoms with Gasteiger partial charge in [0.05, 0.1) is 33.6 Å². The number of aryl methyl sites for hydroxylation is 1. The van der Waals surface area contributed by atoms with Crippen molar-refractivity contribution in [2.24, 2.45) is 0 Å². The molecule has 5 rings (SSSR count). The molecule has 0 unspecified atom stereocenters. The number of nitrogens with zero attached hydrogens (tertiary/aromatic N) is 3. The van der Waals surface area contributed by atoms with Gasteiger partial charge in [-0.15, -0.1) is 0 Å². The molecule has 0 aliphatic carbocycles. The Bertz CT molecular complexity index is 1520. The van der Waals surface area contributed by atoms with Crippen molar-refractivity contribution in [3.05, 3.63) is 100 Å². The minimum atomic E-state index is -0.424. The molecule has 0 spiro atoms. The first kappa shape index (κ1) is 25.7. The van der Waals surface area contributed by atoms with Crippen LogP contribution in [0.5, 0.6) is 0 Å². The Kier molecular flexibility index (Phi) is 6.80. The highest BCUT2D eigenvalue weighted by atomic mass is 35.5. The zero-order chi connectivity index (χ0) is 27.0. The largest absolute Gasteiger partial charge is 0.322 e. The van der Waals surface area contributed by atoms with Crippen molar-refractivity contribution in [1.82, 2.24) is 9.78 Å². The molecule has 0 fully saturated rings. The van der Waals surface area contributed by atoms with E-state index in [2.05, 4.69) is 10.4 Å². The summed E-state index contributed by atoms with van der Waals surface area (Å²) in [6, 6.07) is 18.7. The number of anilines is 2. The zero-order valence-electron chi connectivity index (χ0n) is 21.5. The Hall–Kier alpha value is -3.97. The highest BCUT2D eigenvalue weighted by Gasteiger charge is 2.27. The van der Waals surface area contributed by atoms with Crippen LogP contribution >= 0.6 is 11.6 Å². The molecule has 194 valence electrons. The Morgan fingerprint density at radius 3 is 2.47 bits per heavy atom. The van der Waals surface area contributed by atoms with Gasteiger partial charge in [-0.25, -0.2) is 4.39 Å². The predicted octanol–water partition coefficient (Wildman–Crippen LogP) is 6.94. The summed E-state index contributed by atoms with van der Waals surface area (Å²) < 4.78 is 15.4. The number of hydrogen-bond acceptors (Lipinski definition) is 3. The lowest BCUT2D eigenvalue weighted by atomic mass is 10.0. The molecule has 1 N–H and O–H groups in total. The summed E-state index contributed by atoms with van der Waals surface area (Å²) in [6.45, 7) is 6.52. The van der Waals surface area contributed by atoms with Gasteiger partial charge in [-0.2, -0.15) is 5.10 Å². The smallest absolute Gasteiger partial charge is 0.259 e. The van der Waals surface area contributed by atoms with E-state index in [1.54, 1.807) is 39.9 Å². The van der Waals surface area contributed by atoms with Gasteiger partial charge in [-0.3, -0.25) is 14.3 Å². The molecule has 0 bridgehead atoms. The van der Waals surface area contributed by atoms with Crippen molar-refractivity contribution >= 4 is 34.8 Å². The standard InChI is InChI=1S/C30H28ClFN4O2/c1-30(2,3)36-27(20-10-12-21(32)13-11-20)24(18-33-36)28(37)34-22-14-15-25(31)23(17-22)29(38)35-16-6-8-19-7-4-5-9-26(19)35/h4-5,7,9-15,17-18H,6,8,16H2,1-3H3,(H,34,37). The van der Waals surface area contributed by atoms with Gasteiger partial charge in [-0.1, -0.05) is 29.8 Å². The Labute approximate surface area is 226 Å². The second-order valence-electron chi connectivity index (χ2n) is 10.3. The van der Waals surface area contributed by atoms with Crippen molar-refractivity contribution in [3.63, 3.8) is 0 Å². The minimum Gasteiger partial charge on any atom is -0.322 e.